The van der Waals surface area contributed by atoms with Crippen molar-refractivity contribution in [2.75, 3.05) is 42.9 Å². The molecule has 2 N–H and O–H groups in total. The van der Waals surface area contributed by atoms with Crippen molar-refractivity contribution in [2.45, 2.75) is 50.4 Å². The van der Waals surface area contributed by atoms with E-state index in [1.54, 1.807) is 34.8 Å². The van der Waals surface area contributed by atoms with E-state index in [4.69, 9.17) is 9.97 Å². The normalized spacial score (nSPS) is 20.7. The first kappa shape index (κ1) is 29.9. The van der Waals surface area contributed by atoms with Gasteiger partial charge in [0.2, 0.25) is 0 Å². The molecule has 2 saturated heterocycles. The minimum atomic E-state index is -0.636. The molecule has 6 heterocycles. The lowest BCUT2D eigenvalue weighted by Crippen LogP contribution is -2.56. The summed E-state index contributed by atoms with van der Waals surface area (Å²) in [5, 5.41) is 15.0. The number of hydrogen-bond donors (Lipinski definition) is 2. The van der Waals surface area contributed by atoms with Gasteiger partial charge in [-0.3, -0.25) is 9.69 Å². The Kier molecular flexibility index (Phi) is 8.22. The number of β-amino-alcohol motifs (C(OH)–C–C–N with tert-alkyl or cyclic N) is 1. The van der Waals surface area contributed by atoms with Gasteiger partial charge in [0.15, 0.2) is 5.82 Å². The third kappa shape index (κ3) is 6.16. The van der Waals surface area contributed by atoms with E-state index in [1.807, 2.05) is 29.8 Å². The summed E-state index contributed by atoms with van der Waals surface area (Å²) in [5.41, 5.74) is 6.60. The molecule has 2 aromatic carbocycles. The second kappa shape index (κ2) is 12.9. The Morgan fingerprint density at radius 1 is 0.936 bits per heavy atom. The van der Waals surface area contributed by atoms with Crippen LogP contribution in [0.2, 0.25) is 0 Å². The number of aliphatic hydroxyl groups is 1. The number of anilines is 2. The van der Waals surface area contributed by atoms with Gasteiger partial charge in [-0.1, -0.05) is 30.3 Å². The highest BCUT2D eigenvalue weighted by Gasteiger charge is 2.36. The monoisotopic (exact) mass is 647 g/mol. The summed E-state index contributed by atoms with van der Waals surface area (Å²) in [6.07, 6.45) is 6.21. The Morgan fingerprint density at radius 3 is 2.64 bits per heavy atom. The number of likely N-dealkylation sites (tertiary alicyclic amines) is 1. The van der Waals surface area contributed by atoms with Gasteiger partial charge in [-0.05, 0) is 55.0 Å². The number of piperidine rings is 2. The maximum Gasteiger partial charge on any atom is 0.272 e. The molecular formula is C35H37N9O2S. The molecule has 5 aromatic rings. The van der Waals surface area contributed by atoms with Gasteiger partial charge < -0.3 is 20.2 Å². The molecule has 8 rings (SSSR count). The van der Waals surface area contributed by atoms with Crippen molar-refractivity contribution in [1.82, 2.24) is 34.7 Å². The number of thiazole rings is 1. The van der Waals surface area contributed by atoms with E-state index in [1.165, 1.54) is 11.1 Å². The van der Waals surface area contributed by atoms with Crippen molar-refractivity contribution >= 4 is 39.1 Å². The topological polar surface area (TPSA) is 124 Å². The van der Waals surface area contributed by atoms with Crippen LogP contribution < -0.4 is 10.2 Å². The largest absolute Gasteiger partial charge is 0.390 e. The average molecular weight is 648 g/mol. The first-order valence-corrected chi connectivity index (χ1v) is 17.2. The molecule has 0 spiro atoms. The number of benzene rings is 2. The van der Waals surface area contributed by atoms with Crippen molar-refractivity contribution in [1.29, 1.82) is 0 Å². The third-order valence-electron chi connectivity index (χ3n) is 9.74. The summed E-state index contributed by atoms with van der Waals surface area (Å²) in [6, 6.07) is 18.4. The van der Waals surface area contributed by atoms with E-state index >= 15 is 0 Å². The number of carbonyl (C=O) groups excluding carboxylic acids is 1. The predicted molar refractivity (Wildman–Crippen MR) is 182 cm³/mol. The maximum absolute atomic E-state index is 14.1. The van der Waals surface area contributed by atoms with Gasteiger partial charge in [-0.2, -0.15) is 0 Å². The van der Waals surface area contributed by atoms with Crippen LogP contribution in [0, 0.1) is 0 Å². The number of rotatable bonds is 6. The van der Waals surface area contributed by atoms with Gasteiger partial charge in [0.25, 0.3) is 5.91 Å². The fourth-order valence-electron chi connectivity index (χ4n) is 7.24. The molecule has 0 bridgehead atoms. The fourth-order valence-corrected chi connectivity index (χ4v) is 8.04. The maximum atomic E-state index is 14.1. The number of nitrogens with one attached hydrogen (secondary N) is 1. The SMILES string of the molecule is O=C(c1cc(NC2CCN(c3ccncn3)CC2)nc(-c2cccc3ncsc23)n1)N1CC[C@@H](N2CCc3ccccc3C2)[C@H](O)C1. The van der Waals surface area contributed by atoms with Crippen molar-refractivity contribution < 1.29 is 9.90 Å². The summed E-state index contributed by atoms with van der Waals surface area (Å²) in [5.74, 6) is 1.87. The van der Waals surface area contributed by atoms with Crippen molar-refractivity contribution in [3.63, 3.8) is 0 Å². The molecule has 0 aliphatic carbocycles. The molecule has 12 heteroatoms. The molecular weight excluding hydrogens is 611 g/mol. The zero-order valence-electron chi connectivity index (χ0n) is 26.1. The lowest BCUT2D eigenvalue weighted by molar-refractivity contribution is -0.0139. The summed E-state index contributed by atoms with van der Waals surface area (Å²) < 4.78 is 0.987. The van der Waals surface area contributed by atoms with E-state index in [0.717, 1.165) is 67.0 Å². The molecule has 240 valence electrons. The van der Waals surface area contributed by atoms with E-state index in [2.05, 4.69) is 54.3 Å². The Hall–Kier alpha value is -4.52. The number of carbonyl (C=O) groups is 1. The average Bonchev–Trinajstić information content (AvgIpc) is 3.61. The van der Waals surface area contributed by atoms with Crippen LogP contribution in [0.1, 0.15) is 40.9 Å². The molecule has 47 heavy (non-hydrogen) atoms. The smallest absolute Gasteiger partial charge is 0.272 e. The molecule has 2 atom stereocenters. The van der Waals surface area contributed by atoms with Crippen molar-refractivity contribution in [2.24, 2.45) is 0 Å². The lowest BCUT2D eigenvalue weighted by atomic mass is 9.94. The van der Waals surface area contributed by atoms with Crippen LogP contribution in [0.4, 0.5) is 11.6 Å². The molecule has 11 nitrogen and oxygen atoms in total. The summed E-state index contributed by atoms with van der Waals surface area (Å²) >= 11 is 1.54. The molecule has 0 radical (unpaired) electrons. The number of hydrogen-bond acceptors (Lipinski definition) is 11. The number of nitrogens with zero attached hydrogens (tertiary/aromatic N) is 8. The molecule has 3 aromatic heterocycles. The van der Waals surface area contributed by atoms with Crippen molar-refractivity contribution in [3.8, 4) is 11.4 Å². The zero-order chi connectivity index (χ0) is 31.7. The van der Waals surface area contributed by atoms with Crippen molar-refractivity contribution in [3.05, 3.63) is 89.5 Å². The lowest BCUT2D eigenvalue weighted by Gasteiger charge is -2.43. The van der Waals surface area contributed by atoms with E-state index in [9.17, 15) is 9.90 Å². The quantitative estimate of drug-likeness (QED) is 0.276. The van der Waals surface area contributed by atoms with Gasteiger partial charge in [-0.25, -0.2) is 24.9 Å². The molecule has 0 saturated carbocycles. The summed E-state index contributed by atoms with van der Waals surface area (Å²) in [7, 11) is 0. The molecule has 2 fully saturated rings. The predicted octanol–water partition coefficient (Wildman–Crippen LogP) is 4.26. The Labute approximate surface area is 277 Å². The first-order chi connectivity index (χ1) is 23.1. The van der Waals surface area contributed by atoms with E-state index < -0.39 is 6.10 Å². The third-order valence-corrected chi connectivity index (χ3v) is 10.6. The van der Waals surface area contributed by atoms with Gasteiger partial charge in [0.05, 0.1) is 21.8 Å². The number of aliphatic hydroxyl groups excluding tert-OH is 1. The Balaban J connectivity index is 1.02. The molecule has 3 aliphatic rings. The fraction of sp³-hybridized carbons (Fsp3) is 0.371. The highest BCUT2D eigenvalue weighted by molar-refractivity contribution is 7.17. The summed E-state index contributed by atoms with van der Waals surface area (Å²) in [4.78, 5) is 43.2. The van der Waals surface area contributed by atoms with Crippen LogP contribution in [-0.4, -0.2) is 96.6 Å². The minimum absolute atomic E-state index is 0.0164. The van der Waals surface area contributed by atoms with Crippen LogP contribution in [0.5, 0.6) is 0 Å². The van der Waals surface area contributed by atoms with Crippen LogP contribution in [-0.2, 0) is 13.0 Å². The number of fused-ring (bicyclic) bond motifs is 2. The van der Waals surface area contributed by atoms with Crippen LogP contribution >= 0.6 is 11.3 Å². The minimum Gasteiger partial charge on any atom is -0.390 e. The van der Waals surface area contributed by atoms with E-state index in [0.29, 0.717) is 30.3 Å². The zero-order valence-corrected chi connectivity index (χ0v) is 26.9. The summed E-state index contributed by atoms with van der Waals surface area (Å²) in [6.45, 7) is 4.29. The second-order valence-electron chi connectivity index (χ2n) is 12.6. The Morgan fingerprint density at radius 2 is 1.81 bits per heavy atom. The van der Waals surface area contributed by atoms with Gasteiger partial charge >= 0.3 is 0 Å². The van der Waals surface area contributed by atoms with Crippen LogP contribution in [0.3, 0.4) is 0 Å². The van der Waals surface area contributed by atoms with E-state index in [-0.39, 0.29) is 24.5 Å². The first-order valence-electron chi connectivity index (χ1n) is 16.4. The molecule has 1 amide bonds. The second-order valence-corrected chi connectivity index (χ2v) is 13.5. The highest BCUT2D eigenvalue weighted by atomic mass is 32.1. The van der Waals surface area contributed by atoms with Crippen LogP contribution in [0.15, 0.2) is 72.6 Å². The van der Waals surface area contributed by atoms with Crippen LogP contribution in [0.25, 0.3) is 21.6 Å². The Bertz CT molecular complexity index is 1880. The van der Waals surface area contributed by atoms with Gasteiger partial charge in [0.1, 0.15) is 23.7 Å². The highest BCUT2D eigenvalue weighted by Crippen LogP contribution is 2.31. The standard InChI is InChI=1S/C35H37N9O2S/c45-30-20-44(17-12-29(30)43-14-9-23-4-1-2-5-24(23)19-43)35(46)28-18-31(39-25-10-15-42(16-11-25)32-8-13-36-21-37-32)41-34(40-28)26-6-3-7-27-33(26)47-22-38-27/h1-8,13,18,21-22,25,29-30,45H,9-12,14-17,19-20H2,(H,39,40,41)/t29-,30-/m1/s1. The van der Waals surface area contributed by atoms with Gasteiger partial charge in [-0.15, -0.1) is 11.3 Å². The number of aromatic nitrogens is 5. The van der Waals surface area contributed by atoms with Gasteiger partial charge in [0, 0.05) is 69.2 Å². The molecule has 3 aliphatic heterocycles. The molecule has 0 unspecified atom stereocenters. The number of amides is 1.